The summed E-state index contributed by atoms with van der Waals surface area (Å²) in [5.41, 5.74) is 0.930. The summed E-state index contributed by atoms with van der Waals surface area (Å²) in [5, 5.41) is 3.19. The number of carbonyl (C=O) groups is 1. The van der Waals surface area contributed by atoms with Crippen molar-refractivity contribution in [3.05, 3.63) is 17.6 Å². The van der Waals surface area contributed by atoms with Crippen molar-refractivity contribution in [1.29, 1.82) is 0 Å². The fraction of sp³-hybridized carbons (Fsp3) is 0.643. The predicted octanol–water partition coefficient (Wildman–Crippen LogP) is 1.98. The smallest absolute Gasteiger partial charge is 0.223 e. The van der Waals surface area contributed by atoms with E-state index in [1.54, 1.807) is 0 Å². The third kappa shape index (κ3) is 3.43. The Morgan fingerprint density at radius 1 is 1.42 bits per heavy atom. The van der Waals surface area contributed by atoms with Crippen LogP contribution in [-0.2, 0) is 11.3 Å². The third-order valence-electron chi connectivity index (χ3n) is 3.46. The Balaban J connectivity index is 2.08. The molecule has 1 saturated heterocycles. The second-order valence-electron chi connectivity index (χ2n) is 5.09. The minimum Gasteiger partial charge on any atom is -0.370 e. The van der Waals surface area contributed by atoms with E-state index in [2.05, 4.69) is 22.2 Å². The molecule has 5 heteroatoms. The summed E-state index contributed by atoms with van der Waals surface area (Å²) in [6, 6.07) is 1.92. The Hall–Kier alpha value is -1.65. The summed E-state index contributed by atoms with van der Waals surface area (Å²) in [6.45, 7) is 8.31. The zero-order valence-corrected chi connectivity index (χ0v) is 11.9. The van der Waals surface area contributed by atoms with Gasteiger partial charge in [-0.05, 0) is 19.8 Å². The molecule has 0 spiro atoms. The molecular formula is C14H22N4O. The van der Waals surface area contributed by atoms with Crippen LogP contribution < -0.4 is 5.32 Å². The van der Waals surface area contributed by atoms with Crippen LogP contribution in [0.5, 0.6) is 0 Å². The number of rotatable bonds is 5. The van der Waals surface area contributed by atoms with Crippen molar-refractivity contribution in [3.8, 4) is 0 Å². The predicted molar refractivity (Wildman–Crippen MR) is 74.7 cm³/mol. The van der Waals surface area contributed by atoms with Crippen LogP contribution in [0.25, 0.3) is 0 Å². The summed E-state index contributed by atoms with van der Waals surface area (Å²) in [6.07, 6.45) is 1.72. The Morgan fingerprint density at radius 3 is 2.84 bits per heavy atom. The van der Waals surface area contributed by atoms with Gasteiger partial charge in [0.05, 0.1) is 6.54 Å². The molecule has 1 N–H and O–H groups in total. The molecule has 1 aliphatic rings. The van der Waals surface area contributed by atoms with Crippen molar-refractivity contribution in [2.45, 2.75) is 40.2 Å². The normalized spacial score (nSPS) is 19.0. The lowest BCUT2D eigenvalue weighted by Gasteiger charge is -2.16. The molecule has 2 rings (SSSR count). The summed E-state index contributed by atoms with van der Waals surface area (Å²) in [7, 11) is 0. The summed E-state index contributed by atoms with van der Waals surface area (Å²) < 4.78 is 0. The molecule has 1 aromatic heterocycles. The highest BCUT2D eigenvalue weighted by molar-refractivity contribution is 5.78. The van der Waals surface area contributed by atoms with E-state index in [1.165, 1.54) is 0 Å². The molecule has 1 unspecified atom stereocenters. The Bertz CT molecular complexity index is 461. The van der Waals surface area contributed by atoms with Crippen LogP contribution in [0.2, 0.25) is 0 Å². The fourth-order valence-electron chi connectivity index (χ4n) is 2.42. The van der Waals surface area contributed by atoms with Crippen molar-refractivity contribution in [1.82, 2.24) is 14.9 Å². The Morgan fingerprint density at radius 2 is 2.21 bits per heavy atom. The quantitative estimate of drug-likeness (QED) is 0.881. The lowest BCUT2D eigenvalue weighted by molar-refractivity contribution is -0.128. The van der Waals surface area contributed by atoms with Gasteiger partial charge < -0.3 is 10.2 Å². The number of anilines is 1. The third-order valence-corrected chi connectivity index (χ3v) is 3.46. The van der Waals surface area contributed by atoms with Gasteiger partial charge in [-0.1, -0.05) is 13.3 Å². The highest BCUT2D eigenvalue weighted by Crippen LogP contribution is 2.22. The second-order valence-corrected chi connectivity index (χ2v) is 5.09. The second kappa shape index (κ2) is 5.99. The molecule has 1 aliphatic heterocycles. The van der Waals surface area contributed by atoms with Crippen LogP contribution in [0.1, 0.15) is 38.2 Å². The standard InChI is InChI=1S/C14H22N4O/c1-4-11-7-14(19)18(8-11)9-13-16-10(3)6-12(17-13)15-5-2/h6,11H,4-5,7-9H2,1-3H3,(H,15,16,17). The van der Waals surface area contributed by atoms with E-state index in [0.29, 0.717) is 18.9 Å². The number of nitrogens with zero attached hydrogens (tertiary/aromatic N) is 3. The van der Waals surface area contributed by atoms with Crippen molar-refractivity contribution >= 4 is 11.7 Å². The molecule has 2 heterocycles. The lowest BCUT2D eigenvalue weighted by atomic mass is 10.1. The van der Waals surface area contributed by atoms with Gasteiger partial charge in [0.2, 0.25) is 5.91 Å². The maximum absolute atomic E-state index is 11.9. The summed E-state index contributed by atoms with van der Waals surface area (Å²) in [4.78, 5) is 22.6. The van der Waals surface area contributed by atoms with Crippen molar-refractivity contribution in [2.75, 3.05) is 18.4 Å². The first-order valence-corrected chi connectivity index (χ1v) is 6.98. The van der Waals surface area contributed by atoms with Gasteiger partial charge in [-0.3, -0.25) is 4.79 Å². The van der Waals surface area contributed by atoms with E-state index in [4.69, 9.17) is 0 Å². The van der Waals surface area contributed by atoms with Crippen LogP contribution in [-0.4, -0.2) is 33.9 Å². The van der Waals surface area contributed by atoms with Gasteiger partial charge in [-0.25, -0.2) is 9.97 Å². The minimum absolute atomic E-state index is 0.224. The number of carbonyl (C=O) groups excluding carboxylic acids is 1. The van der Waals surface area contributed by atoms with E-state index >= 15 is 0 Å². The molecule has 104 valence electrons. The van der Waals surface area contributed by atoms with E-state index in [0.717, 1.165) is 36.8 Å². The molecule has 0 saturated carbocycles. The zero-order valence-electron chi connectivity index (χ0n) is 11.9. The van der Waals surface area contributed by atoms with Gasteiger partial charge in [-0.2, -0.15) is 0 Å². The number of aromatic nitrogens is 2. The van der Waals surface area contributed by atoms with Crippen LogP contribution in [0, 0.1) is 12.8 Å². The first-order chi connectivity index (χ1) is 9.12. The Labute approximate surface area is 114 Å². The maximum Gasteiger partial charge on any atom is 0.223 e. The Kier molecular flexibility index (Phi) is 4.35. The first-order valence-electron chi connectivity index (χ1n) is 6.98. The number of hydrogen-bond acceptors (Lipinski definition) is 4. The van der Waals surface area contributed by atoms with E-state index in [1.807, 2.05) is 24.8 Å². The van der Waals surface area contributed by atoms with Crippen molar-refractivity contribution in [3.63, 3.8) is 0 Å². The molecule has 0 radical (unpaired) electrons. The number of aryl methyl sites for hydroxylation is 1. The van der Waals surface area contributed by atoms with E-state index < -0.39 is 0 Å². The topological polar surface area (TPSA) is 58.1 Å². The van der Waals surface area contributed by atoms with Crippen molar-refractivity contribution in [2.24, 2.45) is 5.92 Å². The average molecular weight is 262 g/mol. The molecule has 19 heavy (non-hydrogen) atoms. The number of hydrogen-bond donors (Lipinski definition) is 1. The molecule has 5 nitrogen and oxygen atoms in total. The largest absolute Gasteiger partial charge is 0.370 e. The highest BCUT2D eigenvalue weighted by Gasteiger charge is 2.28. The SMILES string of the molecule is CCNc1cc(C)nc(CN2CC(CC)CC2=O)n1. The maximum atomic E-state index is 11.9. The summed E-state index contributed by atoms with van der Waals surface area (Å²) in [5.74, 6) is 2.28. The molecular weight excluding hydrogens is 240 g/mol. The van der Waals surface area contributed by atoms with Gasteiger partial charge in [0.25, 0.3) is 0 Å². The number of likely N-dealkylation sites (tertiary alicyclic amines) is 1. The first kappa shape index (κ1) is 13.8. The van der Waals surface area contributed by atoms with E-state index in [-0.39, 0.29) is 5.91 Å². The van der Waals surface area contributed by atoms with Gasteiger partial charge in [-0.15, -0.1) is 0 Å². The molecule has 0 bridgehead atoms. The molecule has 1 amide bonds. The number of amides is 1. The highest BCUT2D eigenvalue weighted by atomic mass is 16.2. The fourth-order valence-corrected chi connectivity index (χ4v) is 2.42. The molecule has 0 aromatic carbocycles. The molecule has 1 atom stereocenters. The average Bonchev–Trinajstić information content (AvgIpc) is 2.70. The monoisotopic (exact) mass is 262 g/mol. The van der Waals surface area contributed by atoms with Crippen LogP contribution in [0.15, 0.2) is 6.07 Å². The van der Waals surface area contributed by atoms with Crippen LogP contribution >= 0.6 is 0 Å². The number of nitrogens with one attached hydrogen (secondary N) is 1. The summed E-state index contributed by atoms with van der Waals surface area (Å²) >= 11 is 0. The van der Waals surface area contributed by atoms with Gasteiger partial charge in [0.1, 0.15) is 11.6 Å². The molecule has 0 aliphatic carbocycles. The van der Waals surface area contributed by atoms with Gasteiger partial charge in [0.15, 0.2) is 0 Å². The van der Waals surface area contributed by atoms with Crippen molar-refractivity contribution < 1.29 is 4.79 Å². The van der Waals surface area contributed by atoms with E-state index in [9.17, 15) is 4.79 Å². The lowest BCUT2D eigenvalue weighted by Crippen LogP contribution is -2.26. The van der Waals surface area contributed by atoms with Gasteiger partial charge >= 0.3 is 0 Å². The van der Waals surface area contributed by atoms with Crippen LogP contribution in [0.3, 0.4) is 0 Å². The zero-order chi connectivity index (χ0) is 13.8. The van der Waals surface area contributed by atoms with Crippen LogP contribution in [0.4, 0.5) is 5.82 Å². The molecule has 1 aromatic rings. The minimum atomic E-state index is 0.224. The molecule has 1 fully saturated rings. The van der Waals surface area contributed by atoms with Gasteiger partial charge in [0, 0.05) is 31.3 Å².